The smallest absolute Gasteiger partial charge is 0.0784 e. The lowest BCUT2D eigenvalue weighted by Gasteiger charge is -2.30. The fraction of sp³-hybridized carbons (Fsp3) is 0.917. The molecule has 0 aromatic heterocycles. The van der Waals surface area contributed by atoms with Crippen LogP contribution in [0.3, 0.4) is 0 Å². The molecule has 2 N–H and O–H groups in total. The predicted molar refractivity (Wildman–Crippen MR) is 72.2 cm³/mol. The Kier molecular flexibility index (Phi) is 6.37. The van der Waals surface area contributed by atoms with Gasteiger partial charge in [0.15, 0.2) is 0 Å². The summed E-state index contributed by atoms with van der Waals surface area (Å²) in [5.74, 6) is 0. The molecule has 3 heteroatoms. The van der Waals surface area contributed by atoms with Crippen molar-refractivity contribution in [3.8, 4) is 0 Å². The van der Waals surface area contributed by atoms with E-state index in [0.717, 1.165) is 13.0 Å². The van der Waals surface area contributed by atoms with Crippen LogP contribution in [0.4, 0.5) is 0 Å². The molecule has 0 aromatic rings. The SMILES string of the molecule is CCC(CC)N(C)CCC(C)(C)C(N)=S. The highest BCUT2D eigenvalue weighted by Crippen LogP contribution is 2.21. The third kappa shape index (κ3) is 4.94. The molecule has 0 rings (SSSR count). The zero-order valence-corrected chi connectivity index (χ0v) is 11.7. The summed E-state index contributed by atoms with van der Waals surface area (Å²) >= 11 is 5.07. The second-order valence-corrected chi connectivity index (χ2v) is 5.39. The number of nitrogens with zero attached hydrogens (tertiary/aromatic N) is 1. The normalized spacial score (nSPS) is 12.5. The second-order valence-electron chi connectivity index (χ2n) is 4.95. The molecule has 15 heavy (non-hydrogen) atoms. The molecule has 0 unspecified atom stereocenters. The molecular formula is C12H26N2S. The van der Waals surface area contributed by atoms with Crippen LogP contribution in [0.5, 0.6) is 0 Å². The summed E-state index contributed by atoms with van der Waals surface area (Å²) in [5.41, 5.74) is 5.69. The zero-order valence-electron chi connectivity index (χ0n) is 10.8. The molecule has 0 atom stereocenters. The molecular weight excluding hydrogens is 204 g/mol. The molecule has 0 aromatic carbocycles. The Morgan fingerprint density at radius 3 is 2.13 bits per heavy atom. The Hall–Kier alpha value is -0.150. The van der Waals surface area contributed by atoms with Crippen molar-refractivity contribution in [3.05, 3.63) is 0 Å². The van der Waals surface area contributed by atoms with Crippen molar-refractivity contribution in [2.75, 3.05) is 13.6 Å². The van der Waals surface area contributed by atoms with E-state index in [4.69, 9.17) is 18.0 Å². The van der Waals surface area contributed by atoms with Crippen molar-refractivity contribution in [1.29, 1.82) is 0 Å². The number of thiocarbonyl (C=S) groups is 1. The first-order valence-corrected chi connectivity index (χ1v) is 6.26. The number of rotatable bonds is 7. The lowest BCUT2D eigenvalue weighted by atomic mass is 9.89. The molecule has 0 aliphatic carbocycles. The van der Waals surface area contributed by atoms with Gasteiger partial charge < -0.3 is 10.6 Å². The van der Waals surface area contributed by atoms with E-state index in [2.05, 4.69) is 39.6 Å². The third-order valence-corrected chi connectivity index (χ3v) is 3.87. The zero-order chi connectivity index (χ0) is 12.1. The molecule has 0 saturated heterocycles. The maximum atomic E-state index is 5.71. The molecule has 0 aliphatic rings. The Morgan fingerprint density at radius 1 is 1.33 bits per heavy atom. The van der Waals surface area contributed by atoms with Crippen molar-refractivity contribution in [2.24, 2.45) is 11.1 Å². The summed E-state index contributed by atoms with van der Waals surface area (Å²) in [6.45, 7) is 9.79. The van der Waals surface area contributed by atoms with Gasteiger partial charge in [-0.05, 0) is 32.9 Å². The van der Waals surface area contributed by atoms with Crippen LogP contribution in [-0.4, -0.2) is 29.5 Å². The van der Waals surface area contributed by atoms with Crippen molar-refractivity contribution in [3.63, 3.8) is 0 Å². The maximum absolute atomic E-state index is 5.71. The van der Waals surface area contributed by atoms with Gasteiger partial charge in [0.1, 0.15) is 0 Å². The standard InChI is InChI=1S/C12H26N2S/c1-6-10(7-2)14(5)9-8-12(3,4)11(13)15/h10H,6-9H2,1-5H3,(H2,13,15). The average Bonchev–Trinajstić information content (AvgIpc) is 2.16. The fourth-order valence-electron chi connectivity index (χ4n) is 1.67. The van der Waals surface area contributed by atoms with Crippen LogP contribution < -0.4 is 5.73 Å². The molecule has 0 radical (unpaired) electrons. The summed E-state index contributed by atoms with van der Waals surface area (Å²) < 4.78 is 0. The quantitative estimate of drug-likeness (QED) is 0.682. The van der Waals surface area contributed by atoms with Gasteiger partial charge in [-0.25, -0.2) is 0 Å². The van der Waals surface area contributed by atoms with Crippen LogP contribution in [0, 0.1) is 5.41 Å². The summed E-state index contributed by atoms with van der Waals surface area (Å²) in [4.78, 5) is 3.04. The molecule has 90 valence electrons. The lowest BCUT2D eigenvalue weighted by molar-refractivity contribution is 0.210. The number of hydrogen-bond acceptors (Lipinski definition) is 2. The van der Waals surface area contributed by atoms with Crippen molar-refractivity contribution in [2.45, 2.75) is 53.0 Å². The van der Waals surface area contributed by atoms with Crippen LogP contribution >= 0.6 is 12.2 Å². The molecule has 2 nitrogen and oxygen atoms in total. The minimum Gasteiger partial charge on any atom is -0.393 e. The first kappa shape index (κ1) is 14.8. The first-order valence-electron chi connectivity index (χ1n) is 5.85. The van der Waals surface area contributed by atoms with Gasteiger partial charge in [-0.2, -0.15) is 0 Å². The predicted octanol–water partition coefficient (Wildman–Crippen LogP) is 2.81. The highest BCUT2D eigenvalue weighted by molar-refractivity contribution is 7.80. The van der Waals surface area contributed by atoms with Gasteiger partial charge in [0, 0.05) is 11.5 Å². The van der Waals surface area contributed by atoms with Crippen LogP contribution in [0.15, 0.2) is 0 Å². The van der Waals surface area contributed by atoms with E-state index in [1.807, 2.05) is 0 Å². The Morgan fingerprint density at radius 2 is 1.80 bits per heavy atom. The monoisotopic (exact) mass is 230 g/mol. The Bertz CT molecular complexity index is 198. The van der Waals surface area contributed by atoms with E-state index in [1.54, 1.807) is 0 Å². The van der Waals surface area contributed by atoms with E-state index in [-0.39, 0.29) is 5.41 Å². The van der Waals surface area contributed by atoms with Crippen LogP contribution in [0.2, 0.25) is 0 Å². The Balaban J connectivity index is 4.09. The summed E-state index contributed by atoms with van der Waals surface area (Å²) in [6, 6.07) is 0.687. The van der Waals surface area contributed by atoms with Crippen LogP contribution in [0.25, 0.3) is 0 Å². The minimum atomic E-state index is -0.0182. The molecule has 0 aliphatic heterocycles. The average molecular weight is 230 g/mol. The molecule has 0 fully saturated rings. The van der Waals surface area contributed by atoms with Gasteiger partial charge >= 0.3 is 0 Å². The minimum absolute atomic E-state index is 0.0182. The number of nitrogens with two attached hydrogens (primary N) is 1. The molecule has 0 spiro atoms. The van der Waals surface area contributed by atoms with Gasteiger partial charge in [-0.15, -0.1) is 0 Å². The van der Waals surface area contributed by atoms with E-state index >= 15 is 0 Å². The van der Waals surface area contributed by atoms with Gasteiger partial charge in [-0.3, -0.25) is 0 Å². The molecule has 0 saturated carbocycles. The van der Waals surface area contributed by atoms with Gasteiger partial charge in [0.2, 0.25) is 0 Å². The van der Waals surface area contributed by atoms with E-state index in [1.165, 1.54) is 12.8 Å². The molecule has 0 bridgehead atoms. The van der Waals surface area contributed by atoms with Crippen LogP contribution in [0.1, 0.15) is 47.0 Å². The summed E-state index contributed by atoms with van der Waals surface area (Å²) in [5, 5.41) is 0. The van der Waals surface area contributed by atoms with Crippen molar-refractivity contribution >= 4 is 17.2 Å². The van der Waals surface area contributed by atoms with Crippen molar-refractivity contribution in [1.82, 2.24) is 4.90 Å². The first-order chi connectivity index (χ1) is 6.85. The van der Waals surface area contributed by atoms with E-state index in [0.29, 0.717) is 11.0 Å². The van der Waals surface area contributed by atoms with Gasteiger partial charge in [-0.1, -0.05) is 39.9 Å². The Labute approximate surface area is 100 Å². The van der Waals surface area contributed by atoms with Crippen LogP contribution in [-0.2, 0) is 0 Å². The lowest BCUT2D eigenvalue weighted by Crippen LogP contribution is -2.37. The van der Waals surface area contributed by atoms with Gasteiger partial charge in [0.25, 0.3) is 0 Å². The highest BCUT2D eigenvalue weighted by Gasteiger charge is 2.22. The highest BCUT2D eigenvalue weighted by atomic mass is 32.1. The fourth-order valence-corrected chi connectivity index (χ4v) is 1.78. The maximum Gasteiger partial charge on any atom is 0.0784 e. The third-order valence-electron chi connectivity index (χ3n) is 3.32. The summed E-state index contributed by atoms with van der Waals surface area (Å²) in [6.07, 6.45) is 3.45. The topological polar surface area (TPSA) is 29.3 Å². The molecule has 0 amide bonds. The van der Waals surface area contributed by atoms with E-state index < -0.39 is 0 Å². The summed E-state index contributed by atoms with van der Waals surface area (Å²) in [7, 11) is 2.19. The number of hydrogen-bond donors (Lipinski definition) is 1. The molecule has 0 heterocycles. The van der Waals surface area contributed by atoms with E-state index in [9.17, 15) is 0 Å². The largest absolute Gasteiger partial charge is 0.393 e. The second kappa shape index (κ2) is 6.44. The van der Waals surface area contributed by atoms with Crippen molar-refractivity contribution < 1.29 is 0 Å². The van der Waals surface area contributed by atoms with Gasteiger partial charge in [0.05, 0.1) is 4.99 Å².